The van der Waals surface area contributed by atoms with Gasteiger partial charge in [-0.2, -0.15) is 0 Å². The molecule has 2 aromatic carbocycles. The van der Waals surface area contributed by atoms with E-state index in [9.17, 15) is 4.79 Å². The molecule has 21 heavy (non-hydrogen) atoms. The van der Waals surface area contributed by atoms with E-state index in [1.807, 2.05) is 53.4 Å². The lowest BCUT2D eigenvalue weighted by atomic mass is 10.0. The van der Waals surface area contributed by atoms with Crippen molar-refractivity contribution in [3.63, 3.8) is 0 Å². The number of hydrogen-bond donors (Lipinski definition) is 0. The average molecular weight is 339 g/mol. The van der Waals surface area contributed by atoms with Crippen LogP contribution in [0.3, 0.4) is 0 Å². The molecule has 102 valence electrons. The summed E-state index contributed by atoms with van der Waals surface area (Å²) >= 11 is 3.47. The van der Waals surface area contributed by atoms with Gasteiger partial charge in [-0.15, -0.1) is 6.58 Å². The summed E-state index contributed by atoms with van der Waals surface area (Å²) in [5.41, 5.74) is 3.46. The molecule has 0 N–H and O–H groups in total. The van der Waals surface area contributed by atoms with Crippen LogP contribution in [0.4, 0.5) is 11.4 Å². The maximum Gasteiger partial charge on any atom is 0.231 e. The zero-order valence-electron chi connectivity index (χ0n) is 11.1. The highest BCUT2D eigenvalue weighted by atomic mass is 79.9. The molecule has 1 atom stereocenters. The minimum atomic E-state index is -0.0757. The first-order chi connectivity index (χ1) is 10.2. The van der Waals surface area contributed by atoms with Crippen LogP contribution < -0.4 is 4.90 Å². The quantitative estimate of drug-likeness (QED) is 0.721. The van der Waals surface area contributed by atoms with Crippen LogP contribution >= 0.6 is 15.9 Å². The lowest BCUT2D eigenvalue weighted by Crippen LogP contribution is -2.35. The van der Waals surface area contributed by atoms with Gasteiger partial charge in [-0.1, -0.05) is 30.3 Å². The standard InChI is InChI=1S/C17H11BrN2O/c1-2-13-10-6-3-4-8-12(10)19-17-16(21)15-11(18)7-5-9-14(15)20(13)17/h2-9,13H,1H2/t13-/m0/s1. The monoisotopic (exact) mass is 338 g/mol. The van der Waals surface area contributed by atoms with E-state index < -0.39 is 0 Å². The normalized spacial score (nSPS) is 18.7. The number of benzene rings is 2. The first-order valence-corrected chi connectivity index (χ1v) is 7.44. The predicted octanol–water partition coefficient (Wildman–Crippen LogP) is 4.42. The third-order valence-electron chi connectivity index (χ3n) is 3.89. The van der Waals surface area contributed by atoms with Crippen molar-refractivity contribution in [2.45, 2.75) is 6.04 Å². The van der Waals surface area contributed by atoms with Crippen molar-refractivity contribution in [2.24, 2.45) is 4.99 Å². The number of aliphatic imine (C=N–C) groups is 1. The van der Waals surface area contributed by atoms with Crippen molar-refractivity contribution in [1.82, 2.24) is 0 Å². The highest BCUT2D eigenvalue weighted by Crippen LogP contribution is 2.45. The van der Waals surface area contributed by atoms with E-state index in [2.05, 4.69) is 27.5 Å². The molecule has 2 heterocycles. The Balaban J connectivity index is 2.03. The second-order valence-corrected chi connectivity index (χ2v) is 5.86. The Bertz CT molecular complexity index is 825. The number of para-hydroxylation sites is 1. The Morgan fingerprint density at radius 1 is 1.19 bits per heavy atom. The van der Waals surface area contributed by atoms with Gasteiger partial charge < -0.3 is 4.90 Å². The van der Waals surface area contributed by atoms with Gasteiger partial charge in [0.15, 0.2) is 5.84 Å². The molecule has 3 nitrogen and oxygen atoms in total. The lowest BCUT2D eigenvalue weighted by molar-refractivity contribution is 0.106. The van der Waals surface area contributed by atoms with Crippen molar-refractivity contribution in [3.8, 4) is 0 Å². The molecule has 2 aliphatic heterocycles. The van der Waals surface area contributed by atoms with Gasteiger partial charge >= 0.3 is 0 Å². The molecule has 0 spiro atoms. The maximum absolute atomic E-state index is 12.7. The number of hydrogen-bond acceptors (Lipinski definition) is 3. The largest absolute Gasteiger partial charge is 0.311 e. The molecule has 2 aliphatic rings. The Hall–Kier alpha value is -2.20. The summed E-state index contributed by atoms with van der Waals surface area (Å²) < 4.78 is 0.800. The number of rotatable bonds is 1. The van der Waals surface area contributed by atoms with Gasteiger partial charge in [0.2, 0.25) is 5.78 Å². The number of carbonyl (C=O) groups excluding carboxylic acids is 1. The molecule has 0 bridgehead atoms. The number of halogens is 1. The van der Waals surface area contributed by atoms with Crippen LogP contribution in [0.1, 0.15) is 22.0 Å². The Morgan fingerprint density at radius 3 is 2.81 bits per heavy atom. The van der Waals surface area contributed by atoms with Crippen LogP contribution in [0.15, 0.2) is 64.6 Å². The number of nitrogens with zero attached hydrogens (tertiary/aromatic N) is 2. The molecule has 0 unspecified atom stereocenters. The van der Waals surface area contributed by atoms with Gasteiger partial charge in [0.1, 0.15) is 0 Å². The summed E-state index contributed by atoms with van der Waals surface area (Å²) in [6.07, 6.45) is 1.86. The van der Waals surface area contributed by atoms with Gasteiger partial charge in [-0.3, -0.25) is 4.79 Å². The molecular weight excluding hydrogens is 328 g/mol. The summed E-state index contributed by atoms with van der Waals surface area (Å²) in [6, 6.07) is 13.6. The third-order valence-corrected chi connectivity index (χ3v) is 4.55. The van der Waals surface area contributed by atoms with Crippen LogP contribution in [0.5, 0.6) is 0 Å². The smallest absolute Gasteiger partial charge is 0.231 e. The summed E-state index contributed by atoms with van der Waals surface area (Å²) in [5.74, 6) is 0.430. The number of Topliss-reactive ketones (excluding diaryl/α,β-unsaturated/α-hetero) is 1. The fraction of sp³-hybridized carbons (Fsp3) is 0.0588. The van der Waals surface area contributed by atoms with Crippen LogP contribution in [-0.4, -0.2) is 11.6 Å². The van der Waals surface area contributed by atoms with Crippen molar-refractivity contribution < 1.29 is 4.79 Å². The first kappa shape index (κ1) is 12.5. The molecule has 0 radical (unpaired) electrons. The molecular formula is C17H11BrN2O. The fourth-order valence-electron chi connectivity index (χ4n) is 2.98. The van der Waals surface area contributed by atoms with E-state index in [1.54, 1.807) is 0 Å². The molecule has 4 rings (SSSR count). The van der Waals surface area contributed by atoms with Crippen molar-refractivity contribution in [3.05, 3.63) is 70.7 Å². The van der Waals surface area contributed by atoms with Gasteiger partial charge in [-0.05, 0) is 34.1 Å². The van der Waals surface area contributed by atoms with Gasteiger partial charge in [0, 0.05) is 10.0 Å². The number of fused-ring (bicyclic) bond motifs is 4. The van der Waals surface area contributed by atoms with Gasteiger partial charge in [0.25, 0.3) is 0 Å². The molecule has 2 aromatic rings. The highest BCUT2D eigenvalue weighted by molar-refractivity contribution is 9.10. The van der Waals surface area contributed by atoms with Crippen LogP contribution in [0.2, 0.25) is 0 Å². The van der Waals surface area contributed by atoms with Gasteiger partial charge in [-0.25, -0.2) is 4.99 Å². The van der Waals surface area contributed by atoms with E-state index in [0.717, 1.165) is 21.4 Å². The third kappa shape index (κ3) is 1.59. The summed E-state index contributed by atoms with van der Waals surface area (Å²) in [4.78, 5) is 19.2. The first-order valence-electron chi connectivity index (χ1n) is 6.65. The number of amidine groups is 1. The minimum Gasteiger partial charge on any atom is -0.311 e. The van der Waals surface area contributed by atoms with E-state index in [-0.39, 0.29) is 11.8 Å². The molecule has 0 fully saturated rings. The van der Waals surface area contributed by atoms with E-state index in [1.165, 1.54) is 0 Å². The fourth-order valence-corrected chi connectivity index (χ4v) is 3.52. The minimum absolute atomic E-state index is 0.0428. The van der Waals surface area contributed by atoms with Crippen molar-refractivity contribution >= 4 is 38.9 Å². The lowest BCUT2D eigenvalue weighted by Gasteiger charge is -2.32. The Morgan fingerprint density at radius 2 is 2.00 bits per heavy atom. The summed E-state index contributed by atoms with van der Waals surface area (Å²) in [5, 5.41) is 0. The maximum atomic E-state index is 12.7. The second-order valence-electron chi connectivity index (χ2n) is 5.01. The topological polar surface area (TPSA) is 32.7 Å². The molecule has 0 saturated carbocycles. The second kappa shape index (κ2) is 4.40. The van der Waals surface area contributed by atoms with Crippen LogP contribution in [-0.2, 0) is 0 Å². The molecule has 0 amide bonds. The van der Waals surface area contributed by atoms with Gasteiger partial charge in [0.05, 0.1) is 23.0 Å². The molecule has 4 heteroatoms. The van der Waals surface area contributed by atoms with Crippen LogP contribution in [0, 0.1) is 0 Å². The van der Waals surface area contributed by atoms with Crippen molar-refractivity contribution in [1.29, 1.82) is 0 Å². The van der Waals surface area contributed by atoms with E-state index >= 15 is 0 Å². The number of anilines is 1. The molecule has 0 saturated heterocycles. The van der Waals surface area contributed by atoms with E-state index in [0.29, 0.717) is 11.4 Å². The SMILES string of the molecule is C=C[C@H]1c2ccccc2N=C2C(=O)c3c(Br)cccc3N21. The Kier molecular flexibility index (Phi) is 2.62. The zero-order chi connectivity index (χ0) is 14.6. The summed E-state index contributed by atoms with van der Waals surface area (Å²) in [7, 11) is 0. The zero-order valence-corrected chi connectivity index (χ0v) is 12.7. The highest BCUT2D eigenvalue weighted by Gasteiger charge is 2.41. The number of carbonyl (C=O) groups is 1. The van der Waals surface area contributed by atoms with Crippen LogP contribution in [0.25, 0.3) is 0 Å². The van der Waals surface area contributed by atoms with E-state index in [4.69, 9.17) is 0 Å². The predicted molar refractivity (Wildman–Crippen MR) is 87.4 cm³/mol. The summed E-state index contributed by atoms with van der Waals surface area (Å²) in [6.45, 7) is 3.94. The molecule has 0 aromatic heterocycles. The van der Waals surface area contributed by atoms with Crippen molar-refractivity contribution in [2.75, 3.05) is 4.90 Å². The molecule has 0 aliphatic carbocycles. The number of ketones is 1. The average Bonchev–Trinajstić information content (AvgIpc) is 2.79. The Labute approximate surface area is 130 Å².